The van der Waals surface area contributed by atoms with Gasteiger partial charge in [-0.3, -0.25) is 24.0 Å². The largest absolute Gasteiger partial charge is 0.508 e. The molecule has 24 nitrogen and oxygen atoms in total. The van der Waals surface area contributed by atoms with Crippen LogP contribution in [-0.4, -0.2) is 166 Å². The number of rotatable bonds is 25. The second-order valence-corrected chi connectivity index (χ2v) is 22.8. The van der Waals surface area contributed by atoms with Crippen molar-refractivity contribution < 1.29 is 68.5 Å². The first kappa shape index (κ1) is 74.0. The maximum absolute atomic E-state index is 11.5. The fourth-order valence-electron chi connectivity index (χ4n) is 10.7. The molecular weight excluding hydrogens is 1220 g/mol. The number of ether oxygens (including phenoxy) is 4. The molecule has 10 rings (SSSR count). The van der Waals surface area contributed by atoms with Gasteiger partial charge in [0.15, 0.2) is 0 Å². The molecule has 95 heavy (non-hydrogen) atoms. The number of benzene rings is 5. The fourth-order valence-corrected chi connectivity index (χ4v) is 10.7. The van der Waals surface area contributed by atoms with Crippen molar-refractivity contribution in [2.75, 3.05) is 80.5 Å². The van der Waals surface area contributed by atoms with Gasteiger partial charge in [0, 0.05) is 159 Å². The van der Waals surface area contributed by atoms with E-state index in [1.165, 1.54) is 21.3 Å². The van der Waals surface area contributed by atoms with E-state index in [4.69, 9.17) is 18.9 Å². The molecule has 0 aliphatic carbocycles. The Labute approximate surface area is 552 Å². The van der Waals surface area contributed by atoms with Crippen LogP contribution in [0.2, 0.25) is 0 Å². The topological polar surface area (TPSA) is 341 Å². The quantitative estimate of drug-likeness (QED) is 0.0257. The van der Waals surface area contributed by atoms with E-state index in [-0.39, 0.29) is 90.8 Å². The number of carbonyl (C=O) groups is 5. The summed E-state index contributed by atoms with van der Waals surface area (Å²) in [6, 6.07) is 26.4. The Balaban J connectivity index is 0.000000188. The smallest absolute Gasteiger partial charge is 0.246 e. The van der Waals surface area contributed by atoms with Gasteiger partial charge < -0.3 is 95.2 Å². The summed E-state index contributed by atoms with van der Waals surface area (Å²) in [5.41, 5.74) is 12.9. The lowest BCUT2D eigenvalue weighted by atomic mass is 10.1. The third-order valence-electron chi connectivity index (χ3n) is 15.5. The minimum absolute atomic E-state index is 0.0531. The average molecular weight is 1310 g/mol. The van der Waals surface area contributed by atoms with Crippen molar-refractivity contribution in [1.29, 1.82) is 0 Å². The van der Waals surface area contributed by atoms with Gasteiger partial charge in [-0.25, -0.2) is 0 Å². The summed E-state index contributed by atoms with van der Waals surface area (Å²) in [4.78, 5) is 66.1. The minimum atomic E-state index is -0.122. The van der Waals surface area contributed by atoms with Crippen molar-refractivity contribution in [3.8, 4) is 28.7 Å². The van der Waals surface area contributed by atoms with Crippen molar-refractivity contribution in [2.24, 2.45) is 14.1 Å². The summed E-state index contributed by atoms with van der Waals surface area (Å²) in [6.07, 6.45) is 10.0. The molecular formula is C71H92N10O14. The molecule has 0 bridgehead atoms. The van der Waals surface area contributed by atoms with Crippen molar-refractivity contribution >= 4 is 84.1 Å². The van der Waals surface area contributed by atoms with Gasteiger partial charge in [0.2, 0.25) is 29.5 Å². The van der Waals surface area contributed by atoms with E-state index in [0.717, 1.165) is 113 Å². The second kappa shape index (κ2) is 37.0. The number of aromatic nitrogens is 5. The maximum Gasteiger partial charge on any atom is 0.246 e. The molecule has 0 spiro atoms. The molecule has 5 heterocycles. The summed E-state index contributed by atoms with van der Waals surface area (Å²) < 4.78 is 23.6. The van der Waals surface area contributed by atoms with Gasteiger partial charge in [-0.15, -0.1) is 0 Å². The van der Waals surface area contributed by atoms with Crippen molar-refractivity contribution in [1.82, 2.24) is 50.7 Å². The van der Waals surface area contributed by atoms with E-state index < -0.39 is 0 Å². The third-order valence-corrected chi connectivity index (χ3v) is 15.5. The molecule has 0 aliphatic heterocycles. The zero-order valence-corrected chi connectivity index (χ0v) is 55.9. The molecule has 0 radical (unpaired) electrons. The van der Waals surface area contributed by atoms with Gasteiger partial charge in [-0.05, 0) is 179 Å². The van der Waals surface area contributed by atoms with E-state index >= 15 is 0 Å². The number of hydrogen-bond donors (Lipinski definition) is 13. The predicted octanol–water partition coefficient (Wildman–Crippen LogP) is 8.07. The third kappa shape index (κ3) is 22.3. The Morgan fingerprint density at radius 1 is 0.463 bits per heavy atom. The molecule has 0 saturated carbocycles. The first-order valence-electron chi connectivity index (χ1n) is 31.4. The highest BCUT2D eigenvalue weighted by atomic mass is 16.5. The standard InChI is InChI=1S/2C15H20N2O3.2C14H18N2O3.C13H16N2O2/c1-10-12(6-7-16-15(19)9-20-3)13-8-11(18)4-5-14(13)17(10)2;1-10(2)20-9-15(19)16-6-5-11-8-17-14-4-3-12(18)7-13(11)14;1-16-8-10(5-6-15-14(18)9-19-2)12-7-11(17)3-4-13(12)16;1-9-11(5-6-15-14(18)8-19-2)12-7-10(17)3-4-13(12)16-9;1-2-13(17)14-6-5-9-8-15-12-4-3-10(16)7-11(9)12/h4-5,8,18H,6-7,9H2,1-3H3,(H,16,19);3-4,7-8,10,17-18H,5-6,9H2,1-2H3,(H,16,19);3-4,7-8,17H,5-6,9H2,1-2H3,(H,15,18);3-4,7,16-17H,5-6,8H2,1-2H3,(H,15,18);3-4,7-8,15-16H,2,5-6H2,1H3,(H,14,17). The summed E-state index contributed by atoms with van der Waals surface area (Å²) in [5.74, 6) is 0.853. The second-order valence-electron chi connectivity index (χ2n) is 22.8. The highest BCUT2D eigenvalue weighted by molar-refractivity contribution is 5.89. The van der Waals surface area contributed by atoms with E-state index in [1.807, 2.05) is 102 Å². The summed E-state index contributed by atoms with van der Waals surface area (Å²) in [7, 11) is 8.45. The van der Waals surface area contributed by atoms with Crippen LogP contribution in [-0.2, 0) is 89.1 Å². The summed E-state index contributed by atoms with van der Waals surface area (Å²) in [5, 5.41) is 66.8. The number of aromatic hydroxyl groups is 5. The Hall–Kier alpha value is -10.0. The van der Waals surface area contributed by atoms with E-state index in [2.05, 4.69) is 46.1 Å². The van der Waals surface area contributed by atoms with Crippen LogP contribution in [0.5, 0.6) is 28.7 Å². The van der Waals surface area contributed by atoms with Crippen LogP contribution in [0.25, 0.3) is 54.5 Å². The Morgan fingerprint density at radius 2 is 0.853 bits per heavy atom. The van der Waals surface area contributed by atoms with Crippen LogP contribution in [0.3, 0.4) is 0 Å². The number of methoxy groups -OCH3 is 3. The van der Waals surface area contributed by atoms with Crippen molar-refractivity contribution in [3.63, 3.8) is 0 Å². The van der Waals surface area contributed by atoms with Gasteiger partial charge in [-0.1, -0.05) is 6.92 Å². The number of carbonyl (C=O) groups excluding carboxylic acids is 5. The molecule has 5 aromatic heterocycles. The maximum atomic E-state index is 11.5. The molecule has 24 heteroatoms. The number of nitrogens with zero attached hydrogens (tertiary/aromatic N) is 2. The van der Waals surface area contributed by atoms with Gasteiger partial charge in [0.25, 0.3) is 0 Å². The predicted molar refractivity (Wildman–Crippen MR) is 369 cm³/mol. The number of hydrogen-bond acceptors (Lipinski definition) is 14. The molecule has 0 fully saturated rings. The minimum Gasteiger partial charge on any atom is -0.508 e. The number of H-pyrrole nitrogens is 3. The van der Waals surface area contributed by atoms with E-state index in [1.54, 1.807) is 60.7 Å². The van der Waals surface area contributed by atoms with Crippen molar-refractivity contribution in [2.45, 2.75) is 79.2 Å². The molecule has 13 N–H and O–H groups in total. The number of fused-ring (bicyclic) bond motifs is 5. The monoisotopic (exact) mass is 1310 g/mol. The SMILES string of the molecule is CC(C)OCC(=O)NCCc1c[nH]c2ccc(O)cc12.CCC(=O)NCCc1c[nH]c2ccc(O)cc12.COCC(=O)NCCc1c(C)[nH]c2ccc(O)cc12.COCC(=O)NCCc1c(C)n(C)c2ccc(O)cc12.COCC(=O)NCCc1cn(C)c2ccc(O)cc12. The highest BCUT2D eigenvalue weighted by Crippen LogP contribution is 2.30. The van der Waals surface area contributed by atoms with Crippen LogP contribution in [0, 0.1) is 13.8 Å². The Morgan fingerprint density at radius 3 is 1.33 bits per heavy atom. The highest BCUT2D eigenvalue weighted by Gasteiger charge is 2.15. The van der Waals surface area contributed by atoms with Gasteiger partial charge in [0.05, 0.1) is 6.10 Å². The molecule has 5 aromatic carbocycles. The van der Waals surface area contributed by atoms with Crippen LogP contribution in [0.1, 0.15) is 66.4 Å². The number of phenols is 5. The number of aryl methyl sites for hydroxylation is 3. The van der Waals surface area contributed by atoms with E-state index in [0.29, 0.717) is 52.0 Å². The lowest BCUT2D eigenvalue weighted by Gasteiger charge is -2.08. The van der Waals surface area contributed by atoms with Gasteiger partial charge >= 0.3 is 0 Å². The van der Waals surface area contributed by atoms with Crippen LogP contribution in [0.15, 0.2) is 110 Å². The number of aromatic amines is 3. The Kier molecular flexibility index (Phi) is 28.9. The zero-order valence-electron chi connectivity index (χ0n) is 55.9. The number of amides is 5. The molecule has 5 amide bonds. The van der Waals surface area contributed by atoms with Crippen LogP contribution >= 0.6 is 0 Å². The molecule has 10 aromatic rings. The molecule has 0 aliphatic rings. The molecule has 0 saturated heterocycles. The number of phenolic OH excluding ortho intramolecular Hbond substituents is 5. The fraction of sp³-hybridized carbons (Fsp3) is 0.366. The first-order valence-corrected chi connectivity index (χ1v) is 31.4. The molecule has 510 valence electrons. The molecule has 0 atom stereocenters. The lowest BCUT2D eigenvalue weighted by molar-refractivity contribution is -0.127. The average Bonchev–Trinajstić information content (AvgIpc) is 1.66. The Bertz CT molecular complexity index is 4150. The first-order chi connectivity index (χ1) is 45.5. The zero-order chi connectivity index (χ0) is 69.1. The normalized spacial score (nSPS) is 10.9. The van der Waals surface area contributed by atoms with Crippen LogP contribution < -0.4 is 26.6 Å². The number of nitrogens with one attached hydrogen (secondary N) is 8. The van der Waals surface area contributed by atoms with Gasteiger partial charge in [0.1, 0.15) is 55.2 Å². The van der Waals surface area contributed by atoms with Crippen LogP contribution in [0.4, 0.5) is 0 Å². The van der Waals surface area contributed by atoms with Gasteiger partial charge in [-0.2, -0.15) is 0 Å². The summed E-state index contributed by atoms with van der Waals surface area (Å²) in [6.45, 7) is 12.8. The molecule has 0 unspecified atom stereocenters. The van der Waals surface area contributed by atoms with E-state index in [9.17, 15) is 49.5 Å². The lowest BCUT2D eigenvalue weighted by Crippen LogP contribution is -2.30. The van der Waals surface area contributed by atoms with Crippen molar-refractivity contribution in [3.05, 3.63) is 149 Å². The summed E-state index contributed by atoms with van der Waals surface area (Å²) >= 11 is 0.